The lowest BCUT2D eigenvalue weighted by Crippen LogP contribution is -2.10. The Morgan fingerprint density at radius 3 is 2.19 bits per heavy atom. The van der Waals surface area contributed by atoms with E-state index in [2.05, 4.69) is 14.5 Å². The van der Waals surface area contributed by atoms with Crippen LogP contribution in [0.1, 0.15) is 21.0 Å². The molecule has 2 aromatic rings. The van der Waals surface area contributed by atoms with E-state index in [-0.39, 0.29) is 33.0 Å². The van der Waals surface area contributed by atoms with Crippen molar-refractivity contribution in [3.63, 3.8) is 0 Å². The smallest absolute Gasteiger partial charge is 0.376 e. The molecule has 1 aromatic heterocycles. The summed E-state index contributed by atoms with van der Waals surface area (Å²) < 4.78 is 14.4. The van der Waals surface area contributed by atoms with Crippen LogP contribution < -0.4 is 0 Å². The number of ether oxygens (including phenoxy) is 2. The quantitative estimate of drug-likeness (QED) is 0.804. The maximum absolute atomic E-state index is 11.7. The number of hydrogen-bond donors (Lipinski definition) is 0. The summed E-state index contributed by atoms with van der Waals surface area (Å²) in [7, 11) is 2.30. The zero-order valence-electron chi connectivity index (χ0n) is 11.0. The van der Waals surface area contributed by atoms with E-state index in [9.17, 15) is 9.59 Å². The molecule has 0 spiro atoms. The number of benzene rings is 1. The Kier molecular flexibility index (Phi) is 4.50. The molecular weight excluding hydrogens is 321 g/mol. The van der Waals surface area contributed by atoms with Crippen LogP contribution in [0, 0.1) is 0 Å². The van der Waals surface area contributed by atoms with Crippen molar-refractivity contribution in [1.29, 1.82) is 0 Å². The number of carbonyl (C=O) groups is 2. The van der Waals surface area contributed by atoms with E-state index in [1.165, 1.54) is 0 Å². The summed E-state index contributed by atoms with van der Waals surface area (Å²) >= 11 is 12.1. The van der Waals surface area contributed by atoms with Crippen LogP contribution in [0.4, 0.5) is 0 Å². The molecule has 0 aliphatic heterocycles. The van der Waals surface area contributed by atoms with Crippen LogP contribution in [-0.2, 0) is 9.47 Å². The largest absolute Gasteiger partial charge is 0.464 e. The molecule has 0 N–H and O–H groups in total. The maximum Gasteiger partial charge on any atom is 0.376 e. The van der Waals surface area contributed by atoms with E-state index < -0.39 is 11.9 Å². The average molecular weight is 330 g/mol. The van der Waals surface area contributed by atoms with E-state index in [0.717, 1.165) is 14.2 Å². The Labute approximate surface area is 129 Å². The second-order valence-electron chi connectivity index (χ2n) is 3.78. The minimum Gasteiger partial charge on any atom is -0.464 e. The Morgan fingerprint density at radius 2 is 1.67 bits per heavy atom. The molecule has 1 heterocycles. The normalized spacial score (nSPS) is 10.3. The van der Waals surface area contributed by atoms with Crippen molar-refractivity contribution in [2.75, 3.05) is 14.2 Å². The van der Waals surface area contributed by atoms with Crippen LogP contribution in [0.25, 0.3) is 11.5 Å². The first-order valence-corrected chi connectivity index (χ1v) is 6.37. The van der Waals surface area contributed by atoms with Gasteiger partial charge in [-0.25, -0.2) is 14.6 Å². The highest BCUT2D eigenvalue weighted by Gasteiger charge is 2.28. The molecule has 0 aliphatic carbocycles. The molecule has 8 heteroatoms. The number of aromatic nitrogens is 1. The lowest BCUT2D eigenvalue weighted by Gasteiger charge is -2.01. The van der Waals surface area contributed by atoms with Gasteiger partial charge < -0.3 is 13.9 Å². The molecule has 0 fully saturated rings. The average Bonchev–Trinajstić information content (AvgIpc) is 2.90. The molecule has 21 heavy (non-hydrogen) atoms. The lowest BCUT2D eigenvalue weighted by atomic mass is 10.2. The van der Waals surface area contributed by atoms with E-state index in [1.807, 2.05) is 0 Å². The van der Waals surface area contributed by atoms with Crippen molar-refractivity contribution in [3.05, 3.63) is 39.7 Å². The Bertz CT molecular complexity index is 657. The lowest BCUT2D eigenvalue weighted by molar-refractivity contribution is 0.0527. The summed E-state index contributed by atoms with van der Waals surface area (Å²) in [5.41, 5.74) is -0.0449. The SMILES string of the molecule is COC(=O)c1nc(-c2c(Cl)cccc2Cl)oc1C(=O)OC. The summed E-state index contributed by atoms with van der Waals surface area (Å²) in [5, 5.41) is 0.521. The van der Waals surface area contributed by atoms with Crippen molar-refractivity contribution in [2.24, 2.45) is 0 Å². The molecule has 0 bridgehead atoms. The van der Waals surface area contributed by atoms with Gasteiger partial charge >= 0.3 is 11.9 Å². The predicted octanol–water partition coefficient (Wildman–Crippen LogP) is 3.22. The van der Waals surface area contributed by atoms with Crippen molar-refractivity contribution in [3.8, 4) is 11.5 Å². The molecule has 0 amide bonds. The molecule has 0 saturated heterocycles. The minimum absolute atomic E-state index is 0.0774. The van der Waals surface area contributed by atoms with Gasteiger partial charge in [0.1, 0.15) is 0 Å². The predicted molar refractivity (Wildman–Crippen MR) is 74.6 cm³/mol. The van der Waals surface area contributed by atoms with E-state index in [1.54, 1.807) is 18.2 Å². The molecular formula is C13H9Cl2NO5. The van der Waals surface area contributed by atoms with Crippen molar-refractivity contribution < 1.29 is 23.5 Å². The monoisotopic (exact) mass is 329 g/mol. The van der Waals surface area contributed by atoms with Gasteiger partial charge in [-0.05, 0) is 12.1 Å². The number of methoxy groups -OCH3 is 2. The topological polar surface area (TPSA) is 78.6 Å². The van der Waals surface area contributed by atoms with Crippen LogP contribution in [0.15, 0.2) is 22.6 Å². The highest BCUT2D eigenvalue weighted by molar-refractivity contribution is 6.38. The third-order valence-corrected chi connectivity index (χ3v) is 3.18. The number of halogens is 2. The van der Waals surface area contributed by atoms with Crippen molar-refractivity contribution in [2.45, 2.75) is 0 Å². The first-order valence-electron chi connectivity index (χ1n) is 5.61. The van der Waals surface area contributed by atoms with Crippen LogP contribution in [0.5, 0.6) is 0 Å². The third-order valence-electron chi connectivity index (χ3n) is 2.55. The van der Waals surface area contributed by atoms with E-state index in [0.29, 0.717) is 0 Å². The second-order valence-corrected chi connectivity index (χ2v) is 4.59. The number of hydrogen-bond acceptors (Lipinski definition) is 6. The summed E-state index contributed by atoms with van der Waals surface area (Å²) in [6.45, 7) is 0. The van der Waals surface area contributed by atoms with E-state index >= 15 is 0 Å². The number of oxazole rings is 1. The van der Waals surface area contributed by atoms with Gasteiger partial charge in [-0.3, -0.25) is 0 Å². The van der Waals surface area contributed by atoms with Crippen LogP contribution in [-0.4, -0.2) is 31.1 Å². The van der Waals surface area contributed by atoms with Crippen LogP contribution >= 0.6 is 23.2 Å². The Balaban J connectivity index is 2.64. The number of rotatable bonds is 3. The molecule has 0 radical (unpaired) electrons. The van der Waals surface area contributed by atoms with Gasteiger partial charge in [0.05, 0.1) is 29.8 Å². The maximum atomic E-state index is 11.7. The van der Waals surface area contributed by atoms with Crippen LogP contribution in [0.3, 0.4) is 0 Å². The molecule has 1 aromatic carbocycles. The first kappa shape index (κ1) is 15.3. The van der Waals surface area contributed by atoms with Gasteiger partial charge in [0, 0.05) is 0 Å². The summed E-state index contributed by atoms with van der Waals surface area (Å²) in [6, 6.07) is 4.78. The third kappa shape index (κ3) is 2.86. The first-order chi connectivity index (χ1) is 9.99. The zero-order chi connectivity index (χ0) is 15.6. The standard InChI is InChI=1S/C13H9Cl2NO5/c1-19-12(17)9-10(13(18)20-2)21-11(16-9)8-6(14)4-3-5-7(8)15/h3-5H,1-2H3. The van der Waals surface area contributed by atoms with Crippen molar-refractivity contribution >= 4 is 35.1 Å². The fourth-order valence-electron chi connectivity index (χ4n) is 1.60. The van der Waals surface area contributed by atoms with E-state index in [4.69, 9.17) is 27.6 Å². The van der Waals surface area contributed by atoms with Crippen LogP contribution in [0.2, 0.25) is 10.0 Å². The molecule has 110 valence electrons. The minimum atomic E-state index is -0.864. The summed E-state index contributed by atoms with van der Waals surface area (Å²) in [6.07, 6.45) is 0. The van der Waals surface area contributed by atoms with Gasteiger partial charge in [0.15, 0.2) is 0 Å². The van der Waals surface area contributed by atoms with Gasteiger partial charge in [-0.2, -0.15) is 0 Å². The fraction of sp³-hybridized carbons (Fsp3) is 0.154. The number of nitrogens with zero attached hydrogens (tertiary/aromatic N) is 1. The zero-order valence-corrected chi connectivity index (χ0v) is 12.5. The number of carbonyl (C=O) groups excluding carboxylic acids is 2. The molecule has 2 rings (SSSR count). The molecule has 0 saturated carbocycles. The van der Waals surface area contributed by atoms with Gasteiger partial charge in [-0.15, -0.1) is 0 Å². The summed E-state index contributed by atoms with van der Waals surface area (Å²) in [4.78, 5) is 27.2. The highest BCUT2D eigenvalue weighted by atomic mass is 35.5. The Hall–Kier alpha value is -2.05. The highest BCUT2D eigenvalue weighted by Crippen LogP contribution is 2.35. The fourth-order valence-corrected chi connectivity index (χ4v) is 2.15. The summed E-state index contributed by atoms with van der Waals surface area (Å²) in [5.74, 6) is -2.16. The second kappa shape index (κ2) is 6.15. The molecule has 0 unspecified atom stereocenters. The van der Waals surface area contributed by atoms with Gasteiger partial charge in [0.2, 0.25) is 17.3 Å². The van der Waals surface area contributed by atoms with Crippen molar-refractivity contribution in [1.82, 2.24) is 4.98 Å². The Morgan fingerprint density at radius 1 is 1.10 bits per heavy atom. The van der Waals surface area contributed by atoms with Gasteiger partial charge in [-0.1, -0.05) is 29.3 Å². The molecule has 0 aliphatic rings. The molecule has 0 atom stereocenters. The number of esters is 2. The molecule has 6 nitrogen and oxygen atoms in total. The van der Waals surface area contributed by atoms with Gasteiger partial charge in [0.25, 0.3) is 0 Å².